The summed E-state index contributed by atoms with van der Waals surface area (Å²) in [5.41, 5.74) is 0.708. The number of aromatic amines is 1. The third kappa shape index (κ3) is 2.59. The van der Waals surface area contributed by atoms with Gasteiger partial charge in [-0.1, -0.05) is 11.3 Å². The van der Waals surface area contributed by atoms with Crippen molar-refractivity contribution < 1.29 is 0 Å². The van der Waals surface area contributed by atoms with E-state index in [9.17, 15) is 4.79 Å². The molecule has 3 rings (SSSR count). The van der Waals surface area contributed by atoms with Gasteiger partial charge >= 0.3 is 0 Å². The molecule has 1 aliphatic rings. The van der Waals surface area contributed by atoms with Gasteiger partial charge in [-0.15, -0.1) is 10.2 Å². The number of hydrogen-bond acceptors (Lipinski definition) is 5. The van der Waals surface area contributed by atoms with Crippen molar-refractivity contribution in [2.45, 2.75) is 25.4 Å². The summed E-state index contributed by atoms with van der Waals surface area (Å²) in [5, 5.41) is 13.4. The number of pyridine rings is 1. The fourth-order valence-corrected chi connectivity index (χ4v) is 2.33. The zero-order valence-corrected chi connectivity index (χ0v) is 9.96. The Balaban J connectivity index is 1.76. The van der Waals surface area contributed by atoms with E-state index in [4.69, 9.17) is 0 Å². The molecule has 1 saturated carbocycles. The highest BCUT2D eigenvalue weighted by molar-refractivity contribution is 7.14. The molecule has 1 fully saturated rings. The molecule has 0 spiro atoms. The summed E-state index contributed by atoms with van der Waals surface area (Å²) in [5.74, 6) is 0. The largest absolute Gasteiger partial charge is 0.329 e. The Bertz CT molecular complexity index is 573. The average Bonchev–Trinajstić information content (AvgIpc) is 3.04. The van der Waals surface area contributed by atoms with Gasteiger partial charge in [0.1, 0.15) is 10.0 Å². The molecule has 0 bridgehead atoms. The quantitative estimate of drug-likeness (QED) is 0.851. The predicted molar refractivity (Wildman–Crippen MR) is 65.8 cm³/mol. The van der Waals surface area contributed by atoms with Crippen LogP contribution in [-0.2, 0) is 6.54 Å². The topological polar surface area (TPSA) is 70.7 Å². The van der Waals surface area contributed by atoms with E-state index in [1.165, 1.54) is 24.2 Å². The maximum Gasteiger partial charge on any atom is 0.248 e. The molecule has 6 heteroatoms. The van der Waals surface area contributed by atoms with Crippen LogP contribution >= 0.6 is 11.3 Å². The van der Waals surface area contributed by atoms with Crippen LogP contribution in [0.5, 0.6) is 0 Å². The second-order valence-electron chi connectivity index (χ2n) is 4.10. The molecule has 0 unspecified atom stereocenters. The molecule has 1 aliphatic carbocycles. The van der Waals surface area contributed by atoms with E-state index in [2.05, 4.69) is 20.5 Å². The first kappa shape index (κ1) is 10.6. The molecule has 0 radical (unpaired) electrons. The van der Waals surface area contributed by atoms with Crippen LogP contribution in [0.25, 0.3) is 10.6 Å². The van der Waals surface area contributed by atoms with Crippen LogP contribution < -0.4 is 10.9 Å². The van der Waals surface area contributed by atoms with E-state index < -0.39 is 0 Å². The van der Waals surface area contributed by atoms with Crippen LogP contribution in [0.2, 0.25) is 0 Å². The first-order valence-electron chi connectivity index (χ1n) is 5.56. The van der Waals surface area contributed by atoms with E-state index >= 15 is 0 Å². The van der Waals surface area contributed by atoms with E-state index in [0.29, 0.717) is 6.04 Å². The van der Waals surface area contributed by atoms with E-state index in [1.807, 2.05) is 6.07 Å². The number of nitrogens with zero attached hydrogens (tertiary/aromatic N) is 2. The Morgan fingerprint density at radius 2 is 2.35 bits per heavy atom. The van der Waals surface area contributed by atoms with Gasteiger partial charge in [0.05, 0.1) is 0 Å². The van der Waals surface area contributed by atoms with Gasteiger partial charge in [-0.05, 0) is 18.9 Å². The molecule has 88 valence electrons. The monoisotopic (exact) mass is 248 g/mol. The molecule has 2 aromatic heterocycles. The Morgan fingerprint density at radius 3 is 3.12 bits per heavy atom. The Morgan fingerprint density at radius 1 is 1.47 bits per heavy atom. The highest BCUT2D eigenvalue weighted by Crippen LogP contribution is 2.23. The van der Waals surface area contributed by atoms with Gasteiger partial charge in [-0.2, -0.15) is 0 Å². The van der Waals surface area contributed by atoms with E-state index in [1.54, 1.807) is 12.3 Å². The van der Waals surface area contributed by atoms with Crippen molar-refractivity contribution in [3.63, 3.8) is 0 Å². The standard InChI is InChI=1S/C11H12N4OS/c16-9-5-7(3-4-12-9)11-15-14-10(17-11)6-13-8-1-2-8/h3-5,8,13H,1-2,6H2,(H,12,16). The second-order valence-corrected chi connectivity index (χ2v) is 5.16. The van der Waals surface area contributed by atoms with Crippen LogP contribution in [0.15, 0.2) is 23.1 Å². The molecule has 2 heterocycles. The minimum atomic E-state index is -0.115. The van der Waals surface area contributed by atoms with Crippen LogP contribution in [0.4, 0.5) is 0 Å². The third-order valence-corrected chi connectivity index (χ3v) is 3.58. The molecule has 0 aliphatic heterocycles. The van der Waals surface area contributed by atoms with Crippen LogP contribution in [0, 0.1) is 0 Å². The van der Waals surface area contributed by atoms with Gasteiger partial charge in [0.25, 0.3) is 0 Å². The summed E-state index contributed by atoms with van der Waals surface area (Å²) in [4.78, 5) is 13.8. The van der Waals surface area contributed by atoms with Crippen molar-refractivity contribution in [2.75, 3.05) is 0 Å². The molecule has 5 nitrogen and oxygen atoms in total. The van der Waals surface area contributed by atoms with Gasteiger partial charge in [0, 0.05) is 30.4 Å². The summed E-state index contributed by atoms with van der Waals surface area (Å²) >= 11 is 1.53. The molecule has 2 N–H and O–H groups in total. The predicted octanol–water partition coefficient (Wildman–Crippen LogP) is 1.15. The zero-order valence-electron chi connectivity index (χ0n) is 9.14. The summed E-state index contributed by atoms with van der Waals surface area (Å²) in [6, 6.07) is 4.04. The molecule has 0 amide bonds. The summed E-state index contributed by atoms with van der Waals surface area (Å²) < 4.78 is 0. The zero-order chi connectivity index (χ0) is 11.7. The molecule has 0 saturated heterocycles. The van der Waals surface area contributed by atoms with Gasteiger partial charge in [-0.25, -0.2) is 0 Å². The lowest BCUT2D eigenvalue weighted by Crippen LogP contribution is -2.14. The lowest BCUT2D eigenvalue weighted by Gasteiger charge is -1.95. The summed E-state index contributed by atoms with van der Waals surface area (Å²) in [6.45, 7) is 0.769. The highest BCUT2D eigenvalue weighted by Gasteiger charge is 2.20. The van der Waals surface area contributed by atoms with Crippen molar-refractivity contribution in [3.8, 4) is 10.6 Å². The minimum Gasteiger partial charge on any atom is -0.329 e. The number of aromatic nitrogens is 3. The van der Waals surface area contributed by atoms with Gasteiger partial charge < -0.3 is 10.3 Å². The fourth-order valence-electron chi connectivity index (χ4n) is 1.54. The average molecular weight is 248 g/mol. The van der Waals surface area contributed by atoms with Crippen LogP contribution in [-0.4, -0.2) is 21.2 Å². The Labute approximate surface area is 102 Å². The summed E-state index contributed by atoms with van der Waals surface area (Å²) in [6.07, 6.45) is 4.15. The molecule has 2 aromatic rings. The molecule has 0 aromatic carbocycles. The number of hydrogen-bond donors (Lipinski definition) is 2. The first-order chi connectivity index (χ1) is 8.31. The fraction of sp³-hybridized carbons (Fsp3) is 0.364. The second kappa shape index (κ2) is 4.38. The minimum absolute atomic E-state index is 0.115. The lowest BCUT2D eigenvalue weighted by molar-refractivity contribution is 0.679. The molecular formula is C11H12N4OS. The number of rotatable bonds is 4. The van der Waals surface area contributed by atoms with Crippen molar-refractivity contribution in [2.24, 2.45) is 0 Å². The van der Waals surface area contributed by atoms with Gasteiger partial charge in [-0.3, -0.25) is 4.79 Å². The SMILES string of the molecule is O=c1cc(-c2nnc(CNC3CC3)s2)cc[nH]1. The first-order valence-corrected chi connectivity index (χ1v) is 6.38. The van der Waals surface area contributed by atoms with E-state index in [0.717, 1.165) is 22.1 Å². The third-order valence-electron chi connectivity index (χ3n) is 2.61. The number of nitrogens with one attached hydrogen (secondary N) is 2. The maximum atomic E-state index is 11.2. The van der Waals surface area contributed by atoms with Crippen molar-refractivity contribution in [1.29, 1.82) is 0 Å². The number of H-pyrrole nitrogens is 1. The van der Waals surface area contributed by atoms with E-state index in [-0.39, 0.29) is 5.56 Å². The maximum absolute atomic E-state index is 11.2. The molecule has 0 atom stereocenters. The highest BCUT2D eigenvalue weighted by atomic mass is 32.1. The van der Waals surface area contributed by atoms with Crippen molar-refractivity contribution in [3.05, 3.63) is 33.7 Å². The Kier molecular flexibility index (Phi) is 2.74. The smallest absolute Gasteiger partial charge is 0.248 e. The normalized spacial score (nSPS) is 15.1. The lowest BCUT2D eigenvalue weighted by atomic mass is 10.3. The summed E-state index contributed by atoms with van der Waals surface area (Å²) in [7, 11) is 0. The van der Waals surface area contributed by atoms with Crippen molar-refractivity contribution in [1.82, 2.24) is 20.5 Å². The Hall–Kier alpha value is -1.53. The van der Waals surface area contributed by atoms with Crippen molar-refractivity contribution >= 4 is 11.3 Å². The molecule has 17 heavy (non-hydrogen) atoms. The van der Waals surface area contributed by atoms with Crippen LogP contribution in [0.3, 0.4) is 0 Å². The molecular weight excluding hydrogens is 236 g/mol. The van der Waals surface area contributed by atoms with Gasteiger partial charge in [0.15, 0.2) is 0 Å². The van der Waals surface area contributed by atoms with Gasteiger partial charge in [0.2, 0.25) is 5.56 Å². The van der Waals surface area contributed by atoms with Crippen LogP contribution in [0.1, 0.15) is 17.8 Å².